The lowest BCUT2D eigenvalue weighted by Crippen LogP contribution is -2.11. The lowest BCUT2D eigenvalue weighted by atomic mass is 10.3. The van der Waals surface area contributed by atoms with Gasteiger partial charge < -0.3 is 5.21 Å². The first-order valence-corrected chi connectivity index (χ1v) is 2.93. The number of rotatable bonds is 2. The molecule has 0 atom stereocenters. The van der Waals surface area contributed by atoms with Crippen LogP contribution in [0.2, 0.25) is 0 Å². The van der Waals surface area contributed by atoms with Crippen molar-refractivity contribution in [3.8, 4) is 0 Å². The average Bonchev–Trinajstić information content (AvgIpc) is 1.88. The molecule has 0 saturated carbocycles. The van der Waals surface area contributed by atoms with Gasteiger partial charge in [0.2, 0.25) is 0 Å². The Hall–Kier alpha value is -1.00. The summed E-state index contributed by atoms with van der Waals surface area (Å²) in [7, 11) is 1.58. The van der Waals surface area contributed by atoms with Crippen LogP contribution in [-0.4, -0.2) is 27.3 Å². The molecule has 54 valence electrons. The zero-order chi connectivity index (χ0) is 7.40. The van der Waals surface area contributed by atoms with Crippen molar-refractivity contribution < 1.29 is 5.21 Å². The fourth-order valence-electron chi connectivity index (χ4n) is 0.676. The molecule has 4 nitrogen and oxygen atoms in total. The van der Waals surface area contributed by atoms with Gasteiger partial charge in [-0.1, -0.05) is 0 Å². The summed E-state index contributed by atoms with van der Waals surface area (Å²) >= 11 is 0. The third-order valence-electron chi connectivity index (χ3n) is 1.03. The normalized spacial score (nSPS) is 10.3. The molecule has 0 bridgehead atoms. The summed E-state index contributed by atoms with van der Waals surface area (Å²) in [4.78, 5) is 7.58. The quantitative estimate of drug-likeness (QED) is 0.598. The molecular formula is C6H9N3O. The molecule has 1 N–H and O–H groups in total. The molecule has 0 saturated heterocycles. The third-order valence-corrected chi connectivity index (χ3v) is 1.03. The van der Waals surface area contributed by atoms with Crippen LogP contribution in [0.5, 0.6) is 0 Å². The third kappa shape index (κ3) is 2.08. The number of hydrogen-bond acceptors (Lipinski definition) is 4. The lowest BCUT2D eigenvalue weighted by Gasteiger charge is -2.05. The van der Waals surface area contributed by atoms with Crippen LogP contribution in [0, 0.1) is 0 Å². The Kier molecular flexibility index (Phi) is 2.30. The Balaban J connectivity index is 2.59. The maximum Gasteiger partial charge on any atom is 0.115 e. The minimum atomic E-state index is 0.459. The highest BCUT2D eigenvalue weighted by atomic mass is 16.5. The minimum absolute atomic E-state index is 0.459. The molecule has 0 aromatic carbocycles. The molecule has 1 aromatic heterocycles. The molecule has 0 aliphatic heterocycles. The summed E-state index contributed by atoms with van der Waals surface area (Å²) in [6.07, 6.45) is 4.79. The smallest absolute Gasteiger partial charge is 0.115 e. The highest BCUT2D eigenvalue weighted by molar-refractivity contribution is 5.00. The number of hydrogen-bond donors (Lipinski definition) is 1. The first-order valence-electron chi connectivity index (χ1n) is 2.93. The number of aromatic nitrogens is 2. The topological polar surface area (TPSA) is 49.2 Å². The van der Waals surface area contributed by atoms with Crippen molar-refractivity contribution in [2.45, 2.75) is 6.54 Å². The second kappa shape index (κ2) is 3.24. The highest BCUT2D eigenvalue weighted by Gasteiger charge is 1.93. The van der Waals surface area contributed by atoms with Crippen molar-refractivity contribution in [3.05, 3.63) is 24.3 Å². The summed E-state index contributed by atoms with van der Waals surface area (Å²) in [5.74, 6) is 0. The fourth-order valence-corrected chi connectivity index (χ4v) is 0.676. The van der Waals surface area contributed by atoms with Crippen molar-refractivity contribution in [2.24, 2.45) is 0 Å². The number of hydroxylamine groups is 2. The standard InChI is InChI=1S/C6H9N3O/c1-9(10)4-6-2-7-5-8-3-6/h2-3,5,10H,4H2,1H3. The summed E-state index contributed by atoms with van der Waals surface area (Å²) in [5, 5.41) is 9.87. The molecule has 0 radical (unpaired) electrons. The van der Waals surface area contributed by atoms with E-state index in [1.807, 2.05) is 0 Å². The van der Waals surface area contributed by atoms with Crippen LogP contribution in [0.1, 0.15) is 5.56 Å². The van der Waals surface area contributed by atoms with Gasteiger partial charge in [0, 0.05) is 25.0 Å². The average molecular weight is 139 g/mol. The van der Waals surface area contributed by atoms with Crippen molar-refractivity contribution >= 4 is 0 Å². The zero-order valence-electron chi connectivity index (χ0n) is 5.73. The highest BCUT2D eigenvalue weighted by Crippen LogP contribution is 1.94. The van der Waals surface area contributed by atoms with Gasteiger partial charge in [-0.05, 0) is 0 Å². The largest absolute Gasteiger partial charge is 0.314 e. The summed E-state index contributed by atoms with van der Waals surface area (Å²) in [6, 6.07) is 0. The van der Waals surface area contributed by atoms with E-state index in [-0.39, 0.29) is 0 Å². The van der Waals surface area contributed by atoms with E-state index >= 15 is 0 Å². The summed E-state index contributed by atoms with van der Waals surface area (Å²) < 4.78 is 0. The van der Waals surface area contributed by atoms with Gasteiger partial charge >= 0.3 is 0 Å². The Morgan fingerprint density at radius 3 is 2.60 bits per heavy atom. The molecule has 1 aromatic rings. The van der Waals surface area contributed by atoms with Crippen LogP contribution >= 0.6 is 0 Å². The Bertz CT molecular complexity index is 187. The first kappa shape index (κ1) is 7.11. The monoisotopic (exact) mass is 139 g/mol. The van der Waals surface area contributed by atoms with Gasteiger partial charge in [0.05, 0.1) is 6.54 Å². The van der Waals surface area contributed by atoms with Crippen molar-refractivity contribution in [1.82, 2.24) is 15.0 Å². The van der Waals surface area contributed by atoms with Crippen LogP contribution in [0.3, 0.4) is 0 Å². The zero-order valence-corrected chi connectivity index (χ0v) is 5.73. The summed E-state index contributed by atoms with van der Waals surface area (Å²) in [5.41, 5.74) is 0.896. The molecule has 0 unspecified atom stereocenters. The van der Waals surface area contributed by atoms with Crippen molar-refractivity contribution in [2.75, 3.05) is 7.05 Å². The van der Waals surface area contributed by atoms with Crippen molar-refractivity contribution in [3.63, 3.8) is 0 Å². The molecule has 10 heavy (non-hydrogen) atoms. The SMILES string of the molecule is CN(O)Cc1cncnc1. The maximum absolute atomic E-state index is 8.78. The van der Waals surface area contributed by atoms with Crippen molar-refractivity contribution in [1.29, 1.82) is 0 Å². The van der Waals surface area contributed by atoms with Crippen LogP contribution in [-0.2, 0) is 6.54 Å². The van der Waals surface area contributed by atoms with Gasteiger partial charge in [-0.2, -0.15) is 5.06 Å². The Labute approximate surface area is 59.1 Å². The Morgan fingerprint density at radius 2 is 2.10 bits per heavy atom. The van der Waals surface area contributed by atoms with Crippen LogP contribution < -0.4 is 0 Å². The Morgan fingerprint density at radius 1 is 1.50 bits per heavy atom. The second-order valence-electron chi connectivity index (χ2n) is 2.06. The summed E-state index contributed by atoms with van der Waals surface area (Å²) in [6.45, 7) is 0.459. The lowest BCUT2D eigenvalue weighted by molar-refractivity contribution is -0.0732. The van der Waals surface area contributed by atoms with Gasteiger partial charge in [-0.3, -0.25) is 0 Å². The predicted octanol–water partition coefficient (Wildman–Crippen LogP) is 0.298. The van der Waals surface area contributed by atoms with E-state index < -0.39 is 0 Å². The molecule has 0 aliphatic rings. The van der Waals surface area contributed by atoms with Gasteiger partial charge in [-0.25, -0.2) is 9.97 Å². The minimum Gasteiger partial charge on any atom is -0.314 e. The first-order chi connectivity index (χ1) is 4.79. The molecular weight excluding hydrogens is 130 g/mol. The second-order valence-corrected chi connectivity index (χ2v) is 2.06. The molecule has 0 spiro atoms. The van der Waals surface area contributed by atoms with E-state index in [1.54, 1.807) is 19.4 Å². The number of nitrogens with zero attached hydrogens (tertiary/aromatic N) is 3. The van der Waals surface area contributed by atoms with E-state index in [0.29, 0.717) is 6.54 Å². The van der Waals surface area contributed by atoms with Gasteiger partial charge in [0.25, 0.3) is 0 Å². The van der Waals surface area contributed by atoms with Crippen LogP contribution in [0.4, 0.5) is 0 Å². The molecule has 1 rings (SSSR count). The van der Waals surface area contributed by atoms with E-state index in [9.17, 15) is 0 Å². The molecule has 0 amide bonds. The van der Waals surface area contributed by atoms with Gasteiger partial charge in [0.15, 0.2) is 0 Å². The van der Waals surface area contributed by atoms with Crippen LogP contribution in [0.15, 0.2) is 18.7 Å². The molecule has 0 fully saturated rings. The van der Waals surface area contributed by atoms with E-state index in [2.05, 4.69) is 9.97 Å². The molecule has 4 heteroatoms. The van der Waals surface area contributed by atoms with E-state index in [1.165, 1.54) is 6.33 Å². The molecule has 0 aliphatic carbocycles. The fraction of sp³-hybridized carbons (Fsp3) is 0.333. The van der Waals surface area contributed by atoms with Gasteiger partial charge in [-0.15, -0.1) is 0 Å². The molecule has 1 heterocycles. The maximum atomic E-state index is 8.78. The van der Waals surface area contributed by atoms with E-state index in [4.69, 9.17) is 5.21 Å². The van der Waals surface area contributed by atoms with Gasteiger partial charge in [0.1, 0.15) is 6.33 Å². The predicted molar refractivity (Wildman–Crippen MR) is 35.3 cm³/mol. The van der Waals surface area contributed by atoms with E-state index in [0.717, 1.165) is 10.6 Å². The van der Waals surface area contributed by atoms with Crippen LogP contribution in [0.25, 0.3) is 0 Å².